The minimum absolute atomic E-state index is 0. The van der Waals surface area contributed by atoms with Gasteiger partial charge in [-0.2, -0.15) is 0 Å². The van der Waals surface area contributed by atoms with Gasteiger partial charge >= 0.3 is 0 Å². The smallest absolute Gasteiger partial charge is 0.0431 e. The Balaban J connectivity index is -0.000000101. The topological polar surface area (TPSA) is 80.9 Å². The second-order valence-corrected chi connectivity index (χ2v) is 11.4. The van der Waals surface area contributed by atoms with Gasteiger partial charge in [0.2, 0.25) is 0 Å². The van der Waals surface area contributed by atoms with Crippen molar-refractivity contribution in [3.05, 3.63) is 0 Å². The number of aliphatic hydroxyl groups is 4. The first-order valence-electron chi connectivity index (χ1n) is 18.1. The molecule has 0 aliphatic rings. The van der Waals surface area contributed by atoms with Crippen molar-refractivity contribution in [2.24, 2.45) is 0 Å². The van der Waals surface area contributed by atoms with Crippen molar-refractivity contribution < 1.29 is 63.9 Å². The maximum atomic E-state index is 8.47. The van der Waals surface area contributed by atoms with Crippen molar-refractivity contribution in [2.45, 2.75) is 207 Å². The third-order valence-electron chi connectivity index (χ3n) is 7.05. The van der Waals surface area contributed by atoms with Gasteiger partial charge in [-0.05, 0) is 25.7 Å². The van der Waals surface area contributed by atoms with Crippen LogP contribution in [0.5, 0.6) is 0 Å². The second-order valence-electron chi connectivity index (χ2n) is 11.4. The molecular formula is C36H80O4Ti2. The Morgan fingerprint density at radius 2 is 0.333 bits per heavy atom. The first kappa shape index (κ1) is 55.7. The number of hydrogen-bond donors (Lipinski definition) is 4. The molecule has 0 rings (SSSR count). The van der Waals surface area contributed by atoms with Gasteiger partial charge in [0.25, 0.3) is 0 Å². The molecule has 0 aliphatic carbocycles. The molecular weight excluding hydrogens is 592 g/mol. The summed E-state index contributed by atoms with van der Waals surface area (Å²) in [5, 5.41) is 33.9. The van der Waals surface area contributed by atoms with E-state index in [4.69, 9.17) is 20.4 Å². The molecule has 4 N–H and O–H groups in total. The molecule has 0 saturated carbocycles. The van der Waals surface area contributed by atoms with E-state index in [9.17, 15) is 0 Å². The number of unbranched alkanes of at least 4 members (excludes halogenated alkanes) is 24. The molecule has 6 heteroatoms. The zero-order chi connectivity index (χ0) is 30.6. The minimum Gasteiger partial charge on any atom is -0.396 e. The van der Waals surface area contributed by atoms with E-state index in [-0.39, 0.29) is 43.4 Å². The molecule has 0 unspecified atom stereocenters. The van der Waals surface area contributed by atoms with Crippen molar-refractivity contribution in [1.29, 1.82) is 0 Å². The Morgan fingerprint density at radius 1 is 0.214 bits per heavy atom. The van der Waals surface area contributed by atoms with Crippen LogP contribution in [0.4, 0.5) is 0 Å². The standard InChI is InChI=1S/4C9H20O.2Ti/c4*1-2-3-4-5-6-7-8-9-10;;/h4*10H,2-9H2,1H3;;. The van der Waals surface area contributed by atoms with Gasteiger partial charge in [-0.25, -0.2) is 0 Å². The van der Waals surface area contributed by atoms with Crippen LogP contribution in [0.15, 0.2) is 0 Å². The van der Waals surface area contributed by atoms with Gasteiger partial charge in [0.05, 0.1) is 0 Å². The molecule has 0 heterocycles. The molecule has 0 aromatic carbocycles. The van der Waals surface area contributed by atoms with Crippen LogP contribution in [0.2, 0.25) is 0 Å². The number of rotatable bonds is 28. The number of aliphatic hydroxyl groups excluding tert-OH is 4. The normalized spacial score (nSPS) is 9.71. The van der Waals surface area contributed by atoms with Crippen LogP contribution in [0.25, 0.3) is 0 Å². The Kier molecular flexibility index (Phi) is 86.2. The first-order valence-corrected chi connectivity index (χ1v) is 18.1. The van der Waals surface area contributed by atoms with E-state index in [0.717, 1.165) is 25.7 Å². The predicted octanol–water partition coefficient (Wildman–Crippen LogP) is 10.9. The molecule has 0 aliphatic heterocycles. The molecule has 256 valence electrons. The average Bonchev–Trinajstić information content (AvgIpc) is 2.97. The van der Waals surface area contributed by atoms with Crippen molar-refractivity contribution in [1.82, 2.24) is 0 Å². The summed E-state index contributed by atoms with van der Waals surface area (Å²) in [5.74, 6) is 0. The molecule has 0 fully saturated rings. The molecule has 0 aromatic rings. The summed E-state index contributed by atoms with van der Waals surface area (Å²) >= 11 is 0. The van der Waals surface area contributed by atoms with Crippen LogP contribution in [-0.4, -0.2) is 46.9 Å². The summed E-state index contributed by atoms with van der Waals surface area (Å²) in [5.41, 5.74) is 0. The quantitative estimate of drug-likeness (QED) is 0.0493. The summed E-state index contributed by atoms with van der Waals surface area (Å²) in [7, 11) is 0. The molecule has 0 atom stereocenters. The molecule has 0 spiro atoms. The molecule has 4 nitrogen and oxygen atoms in total. The Hall–Kier alpha value is 1.27. The van der Waals surface area contributed by atoms with Gasteiger partial charge < -0.3 is 20.4 Å². The molecule has 0 amide bonds. The van der Waals surface area contributed by atoms with Crippen molar-refractivity contribution in [3.63, 3.8) is 0 Å². The van der Waals surface area contributed by atoms with Crippen molar-refractivity contribution in [2.75, 3.05) is 26.4 Å². The van der Waals surface area contributed by atoms with Gasteiger partial charge in [-0.15, -0.1) is 0 Å². The van der Waals surface area contributed by atoms with Crippen molar-refractivity contribution in [3.8, 4) is 0 Å². The SMILES string of the molecule is CCCCCCCCCO.CCCCCCCCCO.CCCCCCCCCO.CCCCCCCCCO.[Ti].[Ti]. The zero-order valence-electron chi connectivity index (χ0n) is 29.4. The van der Waals surface area contributed by atoms with E-state index in [1.807, 2.05) is 0 Å². The number of hydrogen-bond acceptors (Lipinski definition) is 4. The fourth-order valence-corrected chi connectivity index (χ4v) is 4.28. The summed E-state index contributed by atoms with van der Waals surface area (Å²) in [4.78, 5) is 0. The van der Waals surface area contributed by atoms with Crippen LogP contribution in [0, 0.1) is 0 Å². The Bertz CT molecular complexity index is 254. The van der Waals surface area contributed by atoms with E-state index in [0.29, 0.717) is 26.4 Å². The van der Waals surface area contributed by atoms with Gasteiger partial charge in [0, 0.05) is 69.9 Å². The van der Waals surface area contributed by atoms with Crippen LogP contribution >= 0.6 is 0 Å². The van der Waals surface area contributed by atoms with E-state index < -0.39 is 0 Å². The predicted molar refractivity (Wildman–Crippen MR) is 180 cm³/mol. The Morgan fingerprint density at radius 3 is 0.452 bits per heavy atom. The van der Waals surface area contributed by atoms with Gasteiger partial charge in [-0.3, -0.25) is 0 Å². The Labute approximate surface area is 296 Å². The fourth-order valence-electron chi connectivity index (χ4n) is 4.28. The third kappa shape index (κ3) is 78.1. The minimum atomic E-state index is 0. The van der Waals surface area contributed by atoms with Crippen molar-refractivity contribution >= 4 is 0 Å². The molecule has 0 aromatic heterocycles. The summed E-state index contributed by atoms with van der Waals surface area (Å²) < 4.78 is 0. The molecule has 42 heavy (non-hydrogen) atoms. The van der Waals surface area contributed by atoms with Gasteiger partial charge in [-0.1, -0.05) is 182 Å². The molecule has 0 radical (unpaired) electrons. The summed E-state index contributed by atoms with van der Waals surface area (Å²) in [6, 6.07) is 0. The van der Waals surface area contributed by atoms with Crippen LogP contribution in [0.1, 0.15) is 207 Å². The maximum Gasteiger partial charge on any atom is 0.0431 e. The van der Waals surface area contributed by atoms with Crippen LogP contribution in [-0.2, 0) is 43.4 Å². The maximum absolute atomic E-state index is 8.47. The summed E-state index contributed by atoms with van der Waals surface area (Å²) in [6.45, 7) is 10.4. The van der Waals surface area contributed by atoms with E-state index in [1.54, 1.807) is 0 Å². The summed E-state index contributed by atoms with van der Waals surface area (Å²) in [6.07, 6.45) is 35.7. The second kappa shape index (κ2) is 65.0. The van der Waals surface area contributed by atoms with E-state index >= 15 is 0 Å². The molecule has 0 bridgehead atoms. The van der Waals surface area contributed by atoms with Crippen LogP contribution < -0.4 is 0 Å². The average molecular weight is 673 g/mol. The fraction of sp³-hybridized carbons (Fsp3) is 1.00. The third-order valence-corrected chi connectivity index (χ3v) is 7.05. The van der Waals surface area contributed by atoms with Gasteiger partial charge in [0.15, 0.2) is 0 Å². The van der Waals surface area contributed by atoms with E-state index in [1.165, 1.54) is 154 Å². The molecule has 0 saturated heterocycles. The first-order chi connectivity index (χ1) is 19.7. The largest absolute Gasteiger partial charge is 0.396 e. The zero-order valence-corrected chi connectivity index (χ0v) is 32.5. The van der Waals surface area contributed by atoms with E-state index in [2.05, 4.69) is 27.7 Å². The van der Waals surface area contributed by atoms with Crippen LogP contribution in [0.3, 0.4) is 0 Å². The van der Waals surface area contributed by atoms with Gasteiger partial charge in [0.1, 0.15) is 0 Å². The monoisotopic (exact) mass is 673 g/mol.